The fraction of sp³-hybridized carbons (Fsp3) is 0.0455. The van der Waals surface area contributed by atoms with Gasteiger partial charge in [0.05, 0.1) is 0 Å². The van der Waals surface area contributed by atoms with Gasteiger partial charge in [-0.15, -0.1) is 0 Å². The molecule has 46 heavy (non-hydrogen) atoms. The summed E-state index contributed by atoms with van der Waals surface area (Å²) in [5.41, 5.74) is 11.7. The van der Waals surface area contributed by atoms with Gasteiger partial charge in [-0.1, -0.05) is 114 Å². The van der Waals surface area contributed by atoms with Gasteiger partial charge >= 0.3 is 0 Å². The monoisotopic (exact) mass is 592 g/mol. The largest absolute Gasteiger partial charge is 0.311 e. The topological polar surface area (TPSA) is 6.48 Å². The lowest BCUT2D eigenvalue weighted by Gasteiger charge is -2.26. The number of aryl methyl sites for hydroxylation is 2. The number of anilines is 6. The first kappa shape index (κ1) is 28.9. The Kier molecular flexibility index (Phi) is 8.17. The molecule has 0 saturated heterocycles. The van der Waals surface area contributed by atoms with Crippen LogP contribution in [0.15, 0.2) is 170 Å². The van der Waals surface area contributed by atoms with Crippen LogP contribution in [0.2, 0.25) is 0 Å². The molecule has 0 aliphatic heterocycles. The van der Waals surface area contributed by atoms with Gasteiger partial charge in [0.25, 0.3) is 0 Å². The molecule has 7 aromatic rings. The Bertz CT molecular complexity index is 1990. The molecule has 7 aromatic carbocycles. The van der Waals surface area contributed by atoms with E-state index in [1.54, 1.807) is 0 Å². The zero-order chi connectivity index (χ0) is 31.3. The highest BCUT2D eigenvalue weighted by Gasteiger charge is 2.14. The number of nitrogens with zero attached hydrogens (tertiary/aromatic N) is 2. The molecule has 0 spiro atoms. The molecule has 0 amide bonds. The van der Waals surface area contributed by atoms with E-state index < -0.39 is 0 Å². The lowest BCUT2D eigenvalue weighted by Crippen LogP contribution is -2.09. The Morgan fingerprint density at radius 3 is 1.24 bits per heavy atom. The van der Waals surface area contributed by atoms with E-state index in [0.29, 0.717) is 0 Å². The van der Waals surface area contributed by atoms with Crippen LogP contribution in [-0.2, 0) is 0 Å². The molecule has 0 fully saturated rings. The van der Waals surface area contributed by atoms with Crippen LogP contribution in [-0.4, -0.2) is 0 Å². The van der Waals surface area contributed by atoms with Crippen molar-refractivity contribution in [3.8, 4) is 0 Å². The van der Waals surface area contributed by atoms with Gasteiger partial charge < -0.3 is 9.80 Å². The fourth-order valence-electron chi connectivity index (χ4n) is 5.86. The van der Waals surface area contributed by atoms with E-state index in [9.17, 15) is 0 Å². The van der Waals surface area contributed by atoms with Crippen LogP contribution in [0.5, 0.6) is 0 Å². The minimum atomic E-state index is 1.13. The second-order valence-corrected chi connectivity index (χ2v) is 11.7. The standard InChI is InChI=1S/C44H36N2/c1-33-13-24-41(25-14-33)46(42-26-15-34(2)16-27-42)44-30-23-37-31-36(19-22-38(37)32-44)18-17-35-20-28-43(29-21-35)45(39-9-5-3-6-10-39)40-11-7-4-8-12-40/h3-32H,1-2H3/b18-17+. The van der Waals surface area contributed by atoms with Crippen LogP contribution in [0.3, 0.4) is 0 Å². The van der Waals surface area contributed by atoms with Gasteiger partial charge in [0, 0.05) is 34.1 Å². The van der Waals surface area contributed by atoms with Crippen LogP contribution in [0.4, 0.5) is 34.1 Å². The molecule has 0 unspecified atom stereocenters. The van der Waals surface area contributed by atoms with Crippen molar-refractivity contribution in [1.29, 1.82) is 0 Å². The molecule has 0 radical (unpaired) electrons. The van der Waals surface area contributed by atoms with Gasteiger partial charge in [-0.3, -0.25) is 0 Å². The molecule has 0 aromatic heterocycles. The summed E-state index contributed by atoms with van der Waals surface area (Å²) in [5.74, 6) is 0. The number of hydrogen-bond acceptors (Lipinski definition) is 2. The number of rotatable bonds is 8. The van der Waals surface area contributed by atoms with Gasteiger partial charge in [-0.25, -0.2) is 0 Å². The van der Waals surface area contributed by atoms with Gasteiger partial charge in [-0.05, 0) is 115 Å². The summed E-state index contributed by atoms with van der Waals surface area (Å²) in [5, 5.41) is 2.43. The predicted octanol–water partition coefficient (Wildman–Crippen LogP) is 12.6. The third-order valence-electron chi connectivity index (χ3n) is 8.34. The van der Waals surface area contributed by atoms with Crippen LogP contribution < -0.4 is 9.80 Å². The molecule has 0 aliphatic carbocycles. The molecule has 0 N–H and O–H groups in total. The SMILES string of the molecule is Cc1ccc(N(c2ccc(C)cc2)c2ccc3cc(/C=C/c4ccc(N(c5ccccc5)c5ccccc5)cc4)ccc3c2)cc1. The number of hydrogen-bond donors (Lipinski definition) is 0. The third kappa shape index (κ3) is 6.33. The van der Waals surface area contributed by atoms with Crippen molar-refractivity contribution < 1.29 is 0 Å². The van der Waals surface area contributed by atoms with Crippen molar-refractivity contribution in [1.82, 2.24) is 0 Å². The minimum absolute atomic E-state index is 1.13. The van der Waals surface area contributed by atoms with Gasteiger partial charge in [0.2, 0.25) is 0 Å². The van der Waals surface area contributed by atoms with Gasteiger partial charge in [0.1, 0.15) is 0 Å². The second-order valence-electron chi connectivity index (χ2n) is 11.7. The smallest absolute Gasteiger partial charge is 0.0468 e. The number of para-hydroxylation sites is 2. The minimum Gasteiger partial charge on any atom is -0.311 e. The molecule has 222 valence electrons. The summed E-state index contributed by atoms with van der Waals surface area (Å²) in [6.07, 6.45) is 4.38. The van der Waals surface area contributed by atoms with Crippen LogP contribution in [0, 0.1) is 13.8 Å². The maximum Gasteiger partial charge on any atom is 0.0468 e. The number of fused-ring (bicyclic) bond motifs is 1. The predicted molar refractivity (Wildman–Crippen MR) is 198 cm³/mol. The highest BCUT2D eigenvalue weighted by molar-refractivity contribution is 5.91. The van der Waals surface area contributed by atoms with E-state index in [-0.39, 0.29) is 0 Å². The van der Waals surface area contributed by atoms with E-state index in [1.165, 1.54) is 27.5 Å². The Hall–Kier alpha value is -5.86. The average molecular weight is 593 g/mol. The van der Waals surface area contributed by atoms with E-state index in [4.69, 9.17) is 0 Å². The summed E-state index contributed by atoms with van der Waals surface area (Å²) in [6, 6.07) is 60.6. The van der Waals surface area contributed by atoms with E-state index in [1.807, 2.05) is 0 Å². The third-order valence-corrected chi connectivity index (χ3v) is 8.34. The quantitative estimate of drug-likeness (QED) is 0.162. The lowest BCUT2D eigenvalue weighted by molar-refractivity contribution is 1.27. The molecule has 0 heterocycles. The summed E-state index contributed by atoms with van der Waals surface area (Å²) >= 11 is 0. The summed E-state index contributed by atoms with van der Waals surface area (Å²) in [4.78, 5) is 4.61. The average Bonchev–Trinajstić information content (AvgIpc) is 3.11. The Morgan fingerprint density at radius 1 is 0.326 bits per heavy atom. The van der Waals surface area contributed by atoms with Crippen molar-refractivity contribution in [2.75, 3.05) is 9.80 Å². The van der Waals surface area contributed by atoms with Crippen LogP contribution in [0.1, 0.15) is 22.3 Å². The Labute approximate surface area is 272 Å². The lowest BCUT2D eigenvalue weighted by atomic mass is 10.0. The van der Waals surface area contributed by atoms with Crippen molar-refractivity contribution >= 4 is 57.0 Å². The van der Waals surface area contributed by atoms with Crippen molar-refractivity contribution in [3.05, 3.63) is 192 Å². The molecular formula is C44H36N2. The first-order valence-electron chi connectivity index (χ1n) is 15.8. The zero-order valence-corrected chi connectivity index (χ0v) is 26.2. The Morgan fingerprint density at radius 2 is 0.696 bits per heavy atom. The molecule has 0 saturated carbocycles. The highest BCUT2D eigenvalue weighted by Crippen LogP contribution is 2.37. The molecule has 0 atom stereocenters. The maximum absolute atomic E-state index is 2.33. The van der Waals surface area contributed by atoms with Crippen LogP contribution >= 0.6 is 0 Å². The normalized spacial score (nSPS) is 11.2. The van der Waals surface area contributed by atoms with E-state index in [2.05, 4.69) is 206 Å². The van der Waals surface area contributed by atoms with E-state index >= 15 is 0 Å². The molecule has 7 rings (SSSR count). The van der Waals surface area contributed by atoms with Crippen LogP contribution in [0.25, 0.3) is 22.9 Å². The molecule has 2 heteroatoms. The van der Waals surface area contributed by atoms with Gasteiger partial charge in [-0.2, -0.15) is 0 Å². The van der Waals surface area contributed by atoms with Crippen molar-refractivity contribution in [2.24, 2.45) is 0 Å². The van der Waals surface area contributed by atoms with Crippen molar-refractivity contribution in [3.63, 3.8) is 0 Å². The molecule has 0 bridgehead atoms. The fourth-order valence-corrected chi connectivity index (χ4v) is 5.86. The highest BCUT2D eigenvalue weighted by atomic mass is 15.1. The Balaban J connectivity index is 1.14. The van der Waals surface area contributed by atoms with Gasteiger partial charge in [0.15, 0.2) is 0 Å². The second kappa shape index (κ2) is 13.0. The maximum atomic E-state index is 2.33. The van der Waals surface area contributed by atoms with E-state index in [0.717, 1.165) is 39.7 Å². The summed E-state index contributed by atoms with van der Waals surface area (Å²) < 4.78 is 0. The zero-order valence-electron chi connectivity index (χ0n) is 26.2. The molecule has 0 aliphatic rings. The van der Waals surface area contributed by atoms with Crippen molar-refractivity contribution in [2.45, 2.75) is 13.8 Å². The summed E-state index contributed by atoms with van der Waals surface area (Å²) in [7, 11) is 0. The molecular weight excluding hydrogens is 556 g/mol. The first-order valence-corrected chi connectivity index (χ1v) is 15.8. The molecule has 2 nitrogen and oxygen atoms in total. The number of benzene rings is 7. The first-order chi connectivity index (χ1) is 22.6. The summed E-state index contributed by atoms with van der Waals surface area (Å²) in [6.45, 7) is 4.26.